The summed E-state index contributed by atoms with van der Waals surface area (Å²) in [6, 6.07) is 0. The fourth-order valence-corrected chi connectivity index (χ4v) is 21.7. The molecule has 0 aromatic rings. The van der Waals surface area contributed by atoms with Gasteiger partial charge in [0.15, 0.2) is 0 Å². The van der Waals surface area contributed by atoms with Crippen LogP contribution in [0, 0.1) is 0 Å². The van der Waals surface area contributed by atoms with Gasteiger partial charge < -0.3 is 4.74 Å². The number of carbonyl (C=O) groups is 1. The molecule has 0 amide bonds. The van der Waals surface area contributed by atoms with E-state index in [4.69, 9.17) is 4.74 Å². The lowest BCUT2D eigenvalue weighted by atomic mass is 10.2. The van der Waals surface area contributed by atoms with Crippen LogP contribution in [0.15, 0.2) is 12.2 Å². The molecule has 0 radical (unpaired) electrons. The predicted octanol–water partition coefficient (Wildman–Crippen LogP) is 5.53. The molecule has 0 bridgehead atoms. The van der Waals surface area contributed by atoms with Crippen LogP contribution in [0.5, 0.6) is 0 Å². The van der Waals surface area contributed by atoms with Crippen molar-refractivity contribution in [1.29, 1.82) is 0 Å². The van der Waals surface area contributed by atoms with Crippen molar-refractivity contribution in [3.05, 3.63) is 12.2 Å². The third-order valence-electron chi connectivity index (χ3n) is 5.58. The van der Waals surface area contributed by atoms with Gasteiger partial charge in [-0.2, -0.15) is 8.42 Å². The lowest BCUT2D eigenvalue weighted by molar-refractivity contribution is -0.139. The van der Waals surface area contributed by atoms with Gasteiger partial charge in [-0.25, -0.2) is 4.79 Å². The molecule has 7 heteroatoms. The van der Waals surface area contributed by atoms with E-state index in [2.05, 4.69) is 68.9 Å². The smallest absolute Gasteiger partial charge is 0.333 e. The largest absolute Gasteiger partial charge is 0.462 e. The van der Waals surface area contributed by atoms with E-state index in [9.17, 15) is 17.8 Å². The SMILES string of the molecule is C=C(C)C(=O)OCCCC([Si](C(C)(C)C)(C(C)(C)C)C(C)(C)C)S(=O)(=O)O. The maximum atomic E-state index is 12.6. The minimum atomic E-state index is -4.29. The van der Waals surface area contributed by atoms with Crippen LogP contribution in [0.2, 0.25) is 15.1 Å². The van der Waals surface area contributed by atoms with Crippen LogP contribution in [0.1, 0.15) is 82.1 Å². The summed E-state index contributed by atoms with van der Waals surface area (Å²) in [4.78, 5) is 10.7. The zero-order chi connectivity index (χ0) is 22.1. The first-order chi connectivity index (χ1) is 11.7. The number of rotatable bonds is 7. The molecule has 0 heterocycles. The van der Waals surface area contributed by atoms with Crippen LogP contribution in [0.4, 0.5) is 0 Å². The maximum Gasteiger partial charge on any atom is 0.333 e. The monoisotopic (exact) mass is 420 g/mol. The zero-order valence-corrected chi connectivity index (χ0v) is 20.7. The van der Waals surface area contributed by atoms with Gasteiger partial charge in [-0.1, -0.05) is 68.9 Å². The fraction of sp³-hybridized carbons (Fsp3) is 0.850. The molecule has 27 heavy (non-hydrogen) atoms. The Morgan fingerprint density at radius 1 is 1.00 bits per heavy atom. The first kappa shape index (κ1) is 26.3. The molecule has 0 aliphatic carbocycles. The predicted molar refractivity (Wildman–Crippen MR) is 115 cm³/mol. The Morgan fingerprint density at radius 3 is 1.63 bits per heavy atom. The normalized spacial score (nSPS) is 15.4. The molecule has 1 unspecified atom stereocenters. The van der Waals surface area contributed by atoms with Crippen molar-refractivity contribution >= 4 is 24.2 Å². The van der Waals surface area contributed by atoms with Gasteiger partial charge in [-0.05, 0) is 34.9 Å². The van der Waals surface area contributed by atoms with Crippen LogP contribution >= 0.6 is 0 Å². The summed E-state index contributed by atoms with van der Waals surface area (Å²) >= 11 is 0. The van der Waals surface area contributed by atoms with Crippen LogP contribution in [0.3, 0.4) is 0 Å². The minimum absolute atomic E-state index is 0.112. The van der Waals surface area contributed by atoms with Crippen molar-refractivity contribution in [2.45, 2.75) is 102 Å². The summed E-state index contributed by atoms with van der Waals surface area (Å²) in [7, 11) is -7.05. The molecule has 0 spiro atoms. The molecule has 0 fully saturated rings. The highest BCUT2D eigenvalue weighted by Gasteiger charge is 2.66. The van der Waals surface area contributed by atoms with Crippen molar-refractivity contribution in [1.82, 2.24) is 0 Å². The summed E-state index contributed by atoms with van der Waals surface area (Å²) in [5, 5.41) is -0.838. The maximum absolute atomic E-state index is 12.6. The number of ether oxygens (including phenoxy) is 1. The van der Waals surface area contributed by atoms with Gasteiger partial charge in [-0.15, -0.1) is 0 Å². The molecule has 0 aromatic carbocycles. The number of hydrogen-bond donors (Lipinski definition) is 1. The Balaban J connectivity index is 6.18. The summed E-state index contributed by atoms with van der Waals surface area (Å²) < 4.78 is 40.7. The van der Waals surface area contributed by atoms with Crippen LogP contribution in [-0.4, -0.2) is 38.5 Å². The summed E-state index contributed by atoms with van der Waals surface area (Å²) in [5.74, 6) is -0.482. The van der Waals surface area contributed by atoms with Crippen molar-refractivity contribution in [2.75, 3.05) is 6.61 Å². The molecule has 1 atom stereocenters. The Labute approximate surface area is 167 Å². The van der Waals surface area contributed by atoms with E-state index in [0.717, 1.165) is 0 Å². The molecule has 0 aliphatic heterocycles. The molecule has 160 valence electrons. The molecular formula is C20H40O5SSi. The Hall–Kier alpha value is -0.663. The van der Waals surface area contributed by atoms with Crippen LogP contribution < -0.4 is 0 Å². The average Bonchev–Trinajstić information content (AvgIpc) is 2.35. The average molecular weight is 421 g/mol. The highest BCUT2D eigenvalue weighted by Crippen LogP contribution is 2.65. The third kappa shape index (κ3) is 5.67. The second-order valence-corrected chi connectivity index (χ2v) is 19.5. The summed E-state index contributed by atoms with van der Waals surface area (Å²) in [6.45, 7) is 24.1. The van der Waals surface area contributed by atoms with E-state index in [1.54, 1.807) is 6.92 Å². The molecule has 0 rings (SSSR count). The summed E-state index contributed by atoms with van der Waals surface area (Å²) in [5.41, 5.74) is 0.309. The quantitative estimate of drug-likeness (QED) is 0.192. The van der Waals surface area contributed by atoms with E-state index in [-0.39, 0.29) is 28.1 Å². The van der Waals surface area contributed by atoms with Crippen LogP contribution in [-0.2, 0) is 19.6 Å². The van der Waals surface area contributed by atoms with Gasteiger partial charge in [0.05, 0.1) is 19.6 Å². The van der Waals surface area contributed by atoms with Gasteiger partial charge in [0.1, 0.15) is 0 Å². The van der Waals surface area contributed by atoms with Crippen molar-refractivity contribution in [3.8, 4) is 0 Å². The van der Waals surface area contributed by atoms with Gasteiger partial charge in [0.2, 0.25) is 0 Å². The molecule has 0 saturated heterocycles. The topological polar surface area (TPSA) is 80.7 Å². The van der Waals surface area contributed by atoms with Crippen molar-refractivity contribution < 1.29 is 22.5 Å². The van der Waals surface area contributed by atoms with Gasteiger partial charge in [-0.3, -0.25) is 4.55 Å². The second-order valence-electron chi connectivity index (χ2n) is 10.6. The fourth-order valence-electron chi connectivity index (χ4n) is 5.97. The third-order valence-corrected chi connectivity index (χ3v) is 16.8. The van der Waals surface area contributed by atoms with E-state index in [1.165, 1.54) is 0 Å². The van der Waals surface area contributed by atoms with Gasteiger partial charge in [0.25, 0.3) is 10.1 Å². The van der Waals surface area contributed by atoms with Crippen LogP contribution in [0.25, 0.3) is 0 Å². The molecule has 1 N–H and O–H groups in total. The Bertz CT molecular complexity index is 609. The highest BCUT2D eigenvalue weighted by molar-refractivity contribution is 7.88. The Morgan fingerprint density at radius 2 is 1.37 bits per heavy atom. The standard InChI is InChI=1S/C20H40O5SSi/c1-15(2)17(21)25-14-12-13-16(26(22,23)24)27(18(3,4)5,19(6,7)8)20(9,10)11/h16H,1,12-14H2,2-11H3,(H,22,23,24). The van der Waals surface area contributed by atoms with E-state index >= 15 is 0 Å². The number of esters is 1. The van der Waals surface area contributed by atoms with Crippen molar-refractivity contribution in [3.63, 3.8) is 0 Å². The van der Waals surface area contributed by atoms with Crippen molar-refractivity contribution in [2.24, 2.45) is 0 Å². The second kappa shape index (κ2) is 8.37. The first-order valence-electron chi connectivity index (χ1n) is 9.50. The number of carbonyl (C=O) groups excluding carboxylic acids is 1. The minimum Gasteiger partial charge on any atom is -0.462 e. The number of hydrogen-bond acceptors (Lipinski definition) is 4. The summed E-state index contributed by atoms with van der Waals surface area (Å²) in [6.07, 6.45) is 0.640. The molecule has 0 aliphatic rings. The van der Waals surface area contributed by atoms with Gasteiger partial charge in [0, 0.05) is 5.57 Å². The van der Waals surface area contributed by atoms with E-state index < -0.39 is 29.0 Å². The highest BCUT2D eigenvalue weighted by atomic mass is 32.2. The first-order valence-corrected chi connectivity index (χ1v) is 13.1. The molecule has 0 saturated carbocycles. The lowest BCUT2D eigenvalue weighted by Crippen LogP contribution is -2.68. The zero-order valence-electron chi connectivity index (χ0n) is 18.9. The molecular weight excluding hydrogens is 380 g/mol. The molecule has 0 aromatic heterocycles. The van der Waals surface area contributed by atoms with E-state index in [1.807, 2.05) is 0 Å². The van der Waals surface area contributed by atoms with E-state index in [0.29, 0.717) is 12.0 Å². The van der Waals surface area contributed by atoms with Gasteiger partial charge >= 0.3 is 5.97 Å². The lowest BCUT2D eigenvalue weighted by Gasteiger charge is -2.62. The Kier molecular flexibility index (Phi) is 8.17. The molecule has 5 nitrogen and oxygen atoms in total.